The number of hydrogen-bond donors (Lipinski definition) is 1. The fraction of sp³-hybridized carbons (Fsp3) is 0.267. The molecule has 1 aromatic carbocycles. The van der Waals surface area contributed by atoms with E-state index in [1.54, 1.807) is 12.1 Å². The van der Waals surface area contributed by atoms with Gasteiger partial charge in [-0.2, -0.15) is 0 Å². The predicted molar refractivity (Wildman–Crippen MR) is 78.7 cm³/mol. The van der Waals surface area contributed by atoms with Crippen LogP contribution in [0, 0.1) is 0 Å². The van der Waals surface area contributed by atoms with Gasteiger partial charge in [-0.15, -0.1) is 0 Å². The molecule has 0 spiro atoms. The van der Waals surface area contributed by atoms with Crippen LogP contribution < -0.4 is 4.90 Å². The predicted octanol–water partition coefficient (Wildman–Crippen LogP) is 3.59. The van der Waals surface area contributed by atoms with Crippen LogP contribution in [-0.2, 0) is 4.79 Å². The number of carboxylic acid groups (broad SMARTS) is 1. The Hall–Kier alpha value is -1.74. The van der Waals surface area contributed by atoms with E-state index >= 15 is 0 Å². The second-order valence-corrected chi connectivity index (χ2v) is 5.07. The summed E-state index contributed by atoms with van der Waals surface area (Å²) in [6.45, 7) is 3.91. The summed E-state index contributed by atoms with van der Waals surface area (Å²) in [6.07, 6.45) is 5.98. The van der Waals surface area contributed by atoms with E-state index in [1.165, 1.54) is 5.57 Å². The van der Waals surface area contributed by atoms with Crippen molar-refractivity contribution in [3.8, 4) is 0 Å². The molecule has 1 N–H and O–H groups in total. The number of nitrogens with zero attached hydrogens (tertiary/aromatic N) is 1. The molecule has 0 amide bonds. The molecule has 3 nitrogen and oxygen atoms in total. The number of hydrogen-bond acceptors (Lipinski definition) is 2. The molecule has 1 aliphatic heterocycles. The van der Waals surface area contributed by atoms with Crippen LogP contribution in [0.1, 0.15) is 18.9 Å². The molecule has 0 saturated heterocycles. The van der Waals surface area contributed by atoms with Crippen LogP contribution in [-0.4, -0.2) is 24.2 Å². The zero-order valence-corrected chi connectivity index (χ0v) is 11.5. The molecule has 2 rings (SSSR count). The number of halogens is 1. The van der Waals surface area contributed by atoms with Gasteiger partial charge >= 0.3 is 5.97 Å². The maximum atomic E-state index is 10.7. The SMILES string of the molecule is CC1=CCCN(c2ccc(Cl)cc2/C=C/C(=O)O)C1. The number of rotatable bonds is 3. The maximum absolute atomic E-state index is 10.7. The second-order valence-electron chi connectivity index (χ2n) is 4.64. The van der Waals surface area contributed by atoms with Crippen LogP contribution in [0.15, 0.2) is 35.9 Å². The minimum Gasteiger partial charge on any atom is -0.478 e. The third-order valence-electron chi connectivity index (χ3n) is 3.07. The van der Waals surface area contributed by atoms with Crippen LogP contribution in [0.5, 0.6) is 0 Å². The Kier molecular flexibility index (Phi) is 4.27. The van der Waals surface area contributed by atoms with Gasteiger partial charge in [-0.1, -0.05) is 23.3 Å². The summed E-state index contributed by atoms with van der Waals surface area (Å²) in [5.74, 6) is -0.958. The van der Waals surface area contributed by atoms with Crippen molar-refractivity contribution < 1.29 is 9.90 Å². The van der Waals surface area contributed by atoms with Crippen molar-refractivity contribution in [2.24, 2.45) is 0 Å². The average Bonchev–Trinajstić information content (AvgIpc) is 2.36. The largest absolute Gasteiger partial charge is 0.478 e. The van der Waals surface area contributed by atoms with Crippen molar-refractivity contribution in [1.82, 2.24) is 0 Å². The van der Waals surface area contributed by atoms with Gasteiger partial charge in [0.15, 0.2) is 0 Å². The minimum atomic E-state index is -0.958. The number of carbonyl (C=O) groups is 1. The Bertz CT molecular complexity index is 549. The van der Waals surface area contributed by atoms with E-state index in [9.17, 15) is 4.79 Å². The smallest absolute Gasteiger partial charge is 0.328 e. The molecule has 19 heavy (non-hydrogen) atoms. The highest BCUT2D eigenvalue weighted by Crippen LogP contribution is 2.28. The lowest BCUT2D eigenvalue weighted by atomic mass is 10.1. The van der Waals surface area contributed by atoms with Crippen molar-refractivity contribution >= 4 is 29.3 Å². The van der Waals surface area contributed by atoms with Crippen molar-refractivity contribution in [2.75, 3.05) is 18.0 Å². The number of benzene rings is 1. The highest BCUT2D eigenvalue weighted by molar-refractivity contribution is 6.30. The lowest BCUT2D eigenvalue weighted by Crippen LogP contribution is -2.29. The van der Waals surface area contributed by atoms with E-state index in [1.807, 2.05) is 12.1 Å². The Morgan fingerprint density at radius 3 is 2.95 bits per heavy atom. The van der Waals surface area contributed by atoms with Crippen molar-refractivity contribution in [2.45, 2.75) is 13.3 Å². The second kappa shape index (κ2) is 5.93. The summed E-state index contributed by atoms with van der Waals surface area (Å²) >= 11 is 5.99. The van der Waals surface area contributed by atoms with Crippen LogP contribution in [0.3, 0.4) is 0 Å². The lowest BCUT2D eigenvalue weighted by molar-refractivity contribution is -0.131. The number of anilines is 1. The first-order chi connectivity index (χ1) is 9.06. The summed E-state index contributed by atoms with van der Waals surface area (Å²) in [5, 5.41) is 9.35. The van der Waals surface area contributed by atoms with Gasteiger partial charge in [-0.3, -0.25) is 0 Å². The normalized spacial score (nSPS) is 15.7. The molecule has 0 aromatic heterocycles. The molecule has 0 fully saturated rings. The van der Waals surface area contributed by atoms with Gasteiger partial charge in [0.1, 0.15) is 0 Å². The van der Waals surface area contributed by atoms with Gasteiger partial charge in [0.2, 0.25) is 0 Å². The molecule has 1 aromatic rings. The summed E-state index contributed by atoms with van der Waals surface area (Å²) < 4.78 is 0. The fourth-order valence-corrected chi connectivity index (χ4v) is 2.41. The molecule has 1 heterocycles. The van der Waals surface area contributed by atoms with Crippen molar-refractivity contribution in [3.05, 3.63) is 46.5 Å². The van der Waals surface area contributed by atoms with E-state index < -0.39 is 5.97 Å². The molecule has 0 bridgehead atoms. The van der Waals surface area contributed by atoms with Crippen LogP contribution >= 0.6 is 11.6 Å². The summed E-state index contributed by atoms with van der Waals surface area (Å²) in [4.78, 5) is 12.9. The number of aliphatic carboxylic acids is 1. The molecule has 0 radical (unpaired) electrons. The Morgan fingerprint density at radius 2 is 2.26 bits per heavy atom. The van der Waals surface area contributed by atoms with E-state index in [4.69, 9.17) is 16.7 Å². The summed E-state index contributed by atoms with van der Waals surface area (Å²) in [6, 6.07) is 5.58. The molecule has 0 saturated carbocycles. The van der Waals surface area contributed by atoms with Crippen molar-refractivity contribution in [3.63, 3.8) is 0 Å². The Morgan fingerprint density at radius 1 is 1.47 bits per heavy atom. The van der Waals surface area contributed by atoms with E-state index in [0.29, 0.717) is 5.02 Å². The van der Waals surface area contributed by atoms with Gasteiger partial charge < -0.3 is 10.0 Å². The third kappa shape index (κ3) is 3.61. The molecular weight excluding hydrogens is 262 g/mol. The van der Waals surface area contributed by atoms with Crippen LogP contribution in [0.25, 0.3) is 6.08 Å². The summed E-state index contributed by atoms with van der Waals surface area (Å²) in [5.41, 5.74) is 3.19. The van der Waals surface area contributed by atoms with Gasteiger partial charge in [0.25, 0.3) is 0 Å². The van der Waals surface area contributed by atoms with Gasteiger partial charge in [-0.25, -0.2) is 4.79 Å². The summed E-state index contributed by atoms with van der Waals surface area (Å²) in [7, 11) is 0. The zero-order valence-electron chi connectivity index (χ0n) is 10.8. The molecule has 0 aliphatic carbocycles. The minimum absolute atomic E-state index is 0.609. The standard InChI is InChI=1S/C15H16ClNO2/c1-11-3-2-8-17(10-11)14-6-5-13(16)9-12(14)4-7-15(18)19/h3-7,9H,2,8,10H2,1H3,(H,18,19)/b7-4+. The fourth-order valence-electron chi connectivity index (χ4n) is 2.22. The first-order valence-corrected chi connectivity index (χ1v) is 6.55. The molecule has 0 atom stereocenters. The van der Waals surface area contributed by atoms with Crippen LogP contribution in [0.2, 0.25) is 5.02 Å². The highest BCUT2D eigenvalue weighted by atomic mass is 35.5. The zero-order chi connectivity index (χ0) is 13.8. The Labute approximate surface area is 117 Å². The van der Waals surface area contributed by atoms with Gasteiger partial charge in [0.05, 0.1) is 0 Å². The molecule has 0 unspecified atom stereocenters. The molecule has 1 aliphatic rings. The van der Waals surface area contributed by atoms with Crippen LogP contribution in [0.4, 0.5) is 5.69 Å². The monoisotopic (exact) mass is 277 g/mol. The van der Waals surface area contributed by atoms with Gasteiger partial charge in [0, 0.05) is 29.9 Å². The highest BCUT2D eigenvalue weighted by Gasteiger charge is 2.13. The van der Waals surface area contributed by atoms with E-state index in [2.05, 4.69) is 17.9 Å². The molecular formula is C15H16ClNO2. The third-order valence-corrected chi connectivity index (χ3v) is 3.30. The first-order valence-electron chi connectivity index (χ1n) is 6.17. The van der Waals surface area contributed by atoms with E-state index in [-0.39, 0.29) is 0 Å². The molecule has 4 heteroatoms. The first kappa shape index (κ1) is 13.7. The van der Waals surface area contributed by atoms with Crippen molar-refractivity contribution in [1.29, 1.82) is 0 Å². The average molecular weight is 278 g/mol. The molecule has 100 valence electrons. The quantitative estimate of drug-likeness (QED) is 0.678. The van der Waals surface area contributed by atoms with E-state index in [0.717, 1.165) is 36.8 Å². The Balaban J connectivity index is 2.34. The lowest BCUT2D eigenvalue weighted by Gasteiger charge is -2.29. The number of carboxylic acids is 1. The maximum Gasteiger partial charge on any atom is 0.328 e. The van der Waals surface area contributed by atoms with Gasteiger partial charge in [-0.05, 0) is 43.2 Å². The topological polar surface area (TPSA) is 40.5 Å².